The van der Waals surface area contributed by atoms with Crippen molar-refractivity contribution in [2.24, 2.45) is 0 Å². The number of rotatable bonds is 6. The molecule has 2 aromatic heterocycles. The van der Waals surface area contributed by atoms with Gasteiger partial charge in [-0.1, -0.05) is 17.3 Å². The second-order valence-corrected chi connectivity index (χ2v) is 8.27. The maximum absolute atomic E-state index is 13.2. The maximum atomic E-state index is 13.2. The van der Waals surface area contributed by atoms with Gasteiger partial charge in [-0.2, -0.15) is 5.10 Å². The number of amides is 3. The molecule has 0 atom stereocenters. The van der Waals surface area contributed by atoms with Gasteiger partial charge in [0.1, 0.15) is 11.3 Å². The molecule has 1 saturated heterocycles. The first-order valence-electron chi connectivity index (χ1n) is 10.0. The summed E-state index contributed by atoms with van der Waals surface area (Å²) in [6, 6.07) is 5.83. The van der Waals surface area contributed by atoms with Crippen molar-refractivity contribution < 1.29 is 24.0 Å². The van der Waals surface area contributed by atoms with Crippen molar-refractivity contribution in [2.45, 2.75) is 46.3 Å². The van der Waals surface area contributed by atoms with Crippen molar-refractivity contribution in [1.29, 1.82) is 0 Å². The minimum atomic E-state index is -1.11. The van der Waals surface area contributed by atoms with Crippen LogP contribution in [0.5, 0.6) is 0 Å². The zero-order valence-corrected chi connectivity index (χ0v) is 18.2. The topological polar surface area (TPSA) is 122 Å². The van der Waals surface area contributed by atoms with E-state index in [-0.39, 0.29) is 18.0 Å². The molecule has 0 radical (unpaired) electrons. The van der Waals surface area contributed by atoms with E-state index >= 15 is 0 Å². The van der Waals surface area contributed by atoms with Gasteiger partial charge in [0.05, 0.1) is 29.7 Å². The number of carbonyl (C=O) groups excluding carboxylic acids is 2. The van der Waals surface area contributed by atoms with E-state index < -0.39 is 17.5 Å². The zero-order valence-electron chi connectivity index (χ0n) is 18.2. The minimum absolute atomic E-state index is 0.0996. The summed E-state index contributed by atoms with van der Waals surface area (Å²) in [7, 11) is 0. The lowest BCUT2D eigenvalue weighted by Crippen LogP contribution is -2.43. The Morgan fingerprint density at radius 2 is 1.94 bits per heavy atom. The van der Waals surface area contributed by atoms with Crippen LogP contribution in [0.15, 0.2) is 41.2 Å². The molecule has 166 valence electrons. The largest absolute Gasteiger partial charge is 0.478 e. The summed E-state index contributed by atoms with van der Waals surface area (Å²) in [5.74, 6) is -0.750. The smallest absolute Gasteiger partial charge is 0.335 e. The van der Waals surface area contributed by atoms with Crippen molar-refractivity contribution >= 4 is 23.6 Å². The first-order chi connectivity index (χ1) is 15.1. The monoisotopic (exact) mass is 437 g/mol. The molecule has 1 aliphatic heterocycles. The van der Waals surface area contributed by atoms with E-state index in [2.05, 4.69) is 10.3 Å². The van der Waals surface area contributed by atoms with Gasteiger partial charge in [0.2, 0.25) is 0 Å². The Morgan fingerprint density at radius 3 is 2.59 bits per heavy atom. The van der Waals surface area contributed by atoms with Crippen molar-refractivity contribution in [2.75, 3.05) is 4.90 Å². The summed E-state index contributed by atoms with van der Waals surface area (Å²) in [5.41, 5.74) is 1.63. The van der Waals surface area contributed by atoms with Crippen LogP contribution in [-0.2, 0) is 17.9 Å². The highest BCUT2D eigenvalue weighted by Gasteiger charge is 2.52. The van der Waals surface area contributed by atoms with Crippen molar-refractivity contribution in [3.05, 3.63) is 64.8 Å². The molecule has 3 amide bonds. The number of urea groups is 1. The number of hydrogen-bond acceptors (Lipinski definition) is 6. The van der Waals surface area contributed by atoms with E-state index in [1.165, 1.54) is 23.2 Å². The SMILES string of the molecule is Cc1noc(C)c1Cn1cc(N2C(=O)N(Cc3cccc(C(=O)O)c3)C(C)(C)C2=O)cn1. The summed E-state index contributed by atoms with van der Waals surface area (Å²) in [4.78, 5) is 40.2. The Kier molecular flexibility index (Phi) is 5.08. The lowest BCUT2D eigenvalue weighted by atomic mass is 10.0. The Morgan fingerprint density at radius 1 is 1.19 bits per heavy atom. The number of carboxylic acids is 1. The molecule has 1 N–H and O–H groups in total. The third kappa shape index (κ3) is 3.53. The molecule has 1 aromatic carbocycles. The number of aromatic nitrogens is 3. The Bertz CT molecular complexity index is 1210. The molecular formula is C22H23N5O5. The molecule has 0 unspecified atom stereocenters. The van der Waals surface area contributed by atoms with Crippen LogP contribution in [0.1, 0.15) is 46.8 Å². The Balaban J connectivity index is 1.59. The second-order valence-electron chi connectivity index (χ2n) is 8.27. The number of carboxylic acid groups (broad SMARTS) is 1. The number of aromatic carboxylic acids is 1. The summed E-state index contributed by atoms with van der Waals surface area (Å²) in [6.45, 7) is 7.48. The average molecular weight is 437 g/mol. The van der Waals surface area contributed by atoms with Gasteiger partial charge >= 0.3 is 12.0 Å². The van der Waals surface area contributed by atoms with E-state index in [4.69, 9.17) is 4.52 Å². The number of carbonyl (C=O) groups is 3. The van der Waals surface area contributed by atoms with Gasteiger partial charge in [0, 0.05) is 18.3 Å². The Hall–Kier alpha value is -3.95. The van der Waals surface area contributed by atoms with Gasteiger partial charge in [-0.3, -0.25) is 9.48 Å². The van der Waals surface area contributed by atoms with Crippen LogP contribution in [-0.4, -0.2) is 48.4 Å². The molecule has 1 fully saturated rings. The molecule has 1 aliphatic rings. The van der Waals surface area contributed by atoms with E-state index in [0.717, 1.165) is 16.2 Å². The summed E-state index contributed by atoms with van der Waals surface area (Å²) >= 11 is 0. The first-order valence-corrected chi connectivity index (χ1v) is 10.0. The van der Waals surface area contributed by atoms with E-state index in [1.807, 2.05) is 13.8 Å². The number of nitrogens with zero attached hydrogens (tertiary/aromatic N) is 5. The van der Waals surface area contributed by atoms with Crippen molar-refractivity contribution in [1.82, 2.24) is 19.8 Å². The maximum Gasteiger partial charge on any atom is 0.335 e. The predicted octanol–water partition coefficient (Wildman–Crippen LogP) is 2.98. The quantitative estimate of drug-likeness (QED) is 0.588. The van der Waals surface area contributed by atoms with Crippen LogP contribution in [0.3, 0.4) is 0 Å². The van der Waals surface area contributed by atoms with Gasteiger partial charge < -0.3 is 14.5 Å². The second kappa shape index (κ2) is 7.63. The summed E-state index contributed by atoms with van der Waals surface area (Å²) in [5, 5.41) is 17.4. The third-order valence-electron chi connectivity index (χ3n) is 5.72. The fourth-order valence-electron chi connectivity index (χ4n) is 3.76. The van der Waals surface area contributed by atoms with Crippen LogP contribution in [0.4, 0.5) is 10.5 Å². The highest BCUT2D eigenvalue weighted by molar-refractivity contribution is 6.22. The summed E-state index contributed by atoms with van der Waals surface area (Å²) < 4.78 is 6.80. The van der Waals surface area contributed by atoms with Crippen LogP contribution in [0.25, 0.3) is 0 Å². The van der Waals surface area contributed by atoms with Gasteiger partial charge in [0.15, 0.2) is 0 Å². The highest BCUT2D eigenvalue weighted by atomic mass is 16.5. The number of anilines is 1. The zero-order chi connectivity index (χ0) is 23.2. The fraction of sp³-hybridized carbons (Fsp3) is 0.318. The number of benzene rings is 1. The fourth-order valence-corrected chi connectivity index (χ4v) is 3.76. The van der Waals surface area contributed by atoms with Crippen molar-refractivity contribution in [3.8, 4) is 0 Å². The van der Waals surface area contributed by atoms with Crippen molar-refractivity contribution in [3.63, 3.8) is 0 Å². The van der Waals surface area contributed by atoms with Gasteiger partial charge in [0.25, 0.3) is 5.91 Å². The van der Waals surface area contributed by atoms with Gasteiger partial charge in [-0.15, -0.1) is 0 Å². The number of hydrogen-bond donors (Lipinski definition) is 1. The molecule has 32 heavy (non-hydrogen) atoms. The standard InChI is InChI=1S/C22H23N5O5/c1-13-18(14(2)32-24-13)12-25-11-17(9-23-25)27-20(30)22(3,4)26(21(27)31)10-15-6-5-7-16(8-15)19(28)29/h5-9,11H,10,12H2,1-4H3,(H,28,29). The number of imide groups is 1. The molecule has 0 saturated carbocycles. The van der Waals surface area contributed by atoms with E-state index in [0.29, 0.717) is 23.6 Å². The van der Waals surface area contributed by atoms with Crippen LogP contribution >= 0.6 is 0 Å². The number of aryl methyl sites for hydroxylation is 2. The molecule has 0 aliphatic carbocycles. The summed E-state index contributed by atoms with van der Waals surface area (Å²) in [6.07, 6.45) is 3.10. The van der Waals surface area contributed by atoms with Gasteiger partial charge in [-0.25, -0.2) is 14.5 Å². The molecule has 4 rings (SSSR count). The molecule has 0 bridgehead atoms. The first kappa shape index (κ1) is 21.3. The molecule has 10 heteroatoms. The minimum Gasteiger partial charge on any atom is -0.478 e. The molecule has 0 spiro atoms. The molecule has 10 nitrogen and oxygen atoms in total. The lowest BCUT2D eigenvalue weighted by Gasteiger charge is -2.27. The van der Waals surface area contributed by atoms with Crippen LogP contribution < -0.4 is 4.90 Å². The van der Waals surface area contributed by atoms with Gasteiger partial charge in [-0.05, 0) is 45.4 Å². The van der Waals surface area contributed by atoms with Crippen LogP contribution in [0, 0.1) is 13.8 Å². The average Bonchev–Trinajstić information content (AvgIpc) is 3.37. The third-order valence-corrected chi connectivity index (χ3v) is 5.72. The highest BCUT2D eigenvalue weighted by Crippen LogP contribution is 2.33. The molecular weight excluding hydrogens is 414 g/mol. The molecule has 3 heterocycles. The van der Waals surface area contributed by atoms with E-state index in [1.54, 1.807) is 36.9 Å². The van der Waals surface area contributed by atoms with E-state index in [9.17, 15) is 19.5 Å². The molecule has 3 aromatic rings. The van der Waals surface area contributed by atoms with Crippen LogP contribution in [0.2, 0.25) is 0 Å². The lowest BCUT2D eigenvalue weighted by molar-refractivity contribution is -0.123. The predicted molar refractivity (Wildman–Crippen MR) is 113 cm³/mol. The Labute approximate surface area is 184 Å². The normalized spacial score (nSPS) is 15.6.